The summed E-state index contributed by atoms with van der Waals surface area (Å²) in [5, 5.41) is 18.6. The predicted molar refractivity (Wildman–Crippen MR) is 80.7 cm³/mol. The molecular formula is C16H11ClO4. The second-order valence-electron chi connectivity index (χ2n) is 4.30. The molecular weight excluding hydrogens is 292 g/mol. The van der Waals surface area contributed by atoms with E-state index in [2.05, 4.69) is 0 Å². The Bertz CT molecular complexity index is 735. The Morgan fingerprint density at radius 3 is 2.33 bits per heavy atom. The monoisotopic (exact) mass is 302 g/mol. The molecule has 5 heteroatoms. The van der Waals surface area contributed by atoms with Crippen LogP contribution in [0.25, 0.3) is 12.2 Å². The molecule has 0 amide bonds. The summed E-state index contributed by atoms with van der Waals surface area (Å²) >= 11 is 5.87. The first-order valence-corrected chi connectivity index (χ1v) is 6.39. The van der Waals surface area contributed by atoms with Crippen LogP contribution in [-0.4, -0.2) is 22.2 Å². The van der Waals surface area contributed by atoms with E-state index in [1.54, 1.807) is 30.4 Å². The summed E-state index contributed by atoms with van der Waals surface area (Å²) in [6, 6.07) is 11.1. The quantitative estimate of drug-likeness (QED) is 0.840. The third kappa shape index (κ3) is 3.70. The van der Waals surface area contributed by atoms with Crippen molar-refractivity contribution in [1.29, 1.82) is 0 Å². The maximum Gasteiger partial charge on any atom is 0.336 e. The predicted octanol–water partition coefficient (Wildman–Crippen LogP) is 3.91. The molecule has 21 heavy (non-hydrogen) atoms. The van der Waals surface area contributed by atoms with Crippen LogP contribution >= 0.6 is 11.6 Å². The van der Waals surface area contributed by atoms with Gasteiger partial charge in [0.15, 0.2) is 0 Å². The van der Waals surface area contributed by atoms with Crippen molar-refractivity contribution in [3.63, 3.8) is 0 Å². The summed E-state index contributed by atoms with van der Waals surface area (Å²) in [5.41, 5.74) is 1.12. The summed E-state index contributed by atoms with van der Waals surface area (Å²) in [7, 11) is 0. The molecule has 2 aromatic rings. The Kier molecular flexibility index (Phi) is 4.40. The number of benzene rings is 2. The Balaban J connectivity index is 2.39. The molecule has 2 rings (SSSR count). The van der Waals surface area contributed by atoms with E-state index in [1.165, 1.54) is 12.1 Å². The normalized spacial score (nSPS) is 10.7. The molecule has 0 aliphatic carbocycles. The summed E-state index contributed by atoms with van der Waals surface area (Å²) in [4.78, 5) is 22.1. The van der Waals surface area contributed by atoms with Crippen molar-refractivity contribution in [2.24, 2.45) is 0 Å². The van der Waals surface area contributed by atoms with Gasteiger partial charge in [-0.2, -0.15) is 0 Å². The lowest BCUT2D eigenvalue weighted by Crippen LogP contribution is -2.04. The smallest absolute Gasteiger partial charge is 0.336 e. The Labute approximate surface area is 125 Å². The molecule has 0 spiro atoms. The van der Waals surface area contributed by atoms with E-state index in [0.717, 1.165) is 11.6 Å². The van der Waals surface area contributed by atoms with Crippen molar-refractivity contribution in [2.75, 3.05) is 0 Å². The van der Waals surface area contributed by atoms with E-state index < -0.39 is 11.9 Å². The van der Waals surface area contributed by atoms with E-state index in [9.17, 15) is 9.59 Å². The highest BCUT2D eigenvalue weighted by molar-refractivity contribution is 6.30. The number of carboxylic acid groups (broad SMARTS) is 2. The number of rotatable bonds is 4. The van der Waals surface area contributed by atoms with Gasteiger partial charge in [-0.25, -0.2) is 9.59 Å². The number of hydrogen-bond acceptors (Lipinski definition) is 2. The maximum atomic E-state index is 11.2. The highest BCUT2D eigenvalue weighted by Gasteiger charge is 2.12. The second kappa shape index (κ2) is 6.24. The molecule has 0 heterocycles. The Hall–Kier alpha value is -2.59. The third-order valence-corrected chi connectivity index (χ3v) is 3.07. The van der Waals surface area contributed by atoms with Crippen LogP contribution in [-0.2, 0) is 0 Å². The van der Waals surface area contributed by atoms with Gasteiger partial charge in [0, 0.05) is 5.02 Å². The van der Waals surface area contributed by atoms with Crippen LogP contribution in [0, 0.1) is 0 Å². The molecule has 0 radical (unpaired) electrons. The summed E-state index contributed by atoms with van der Waals surface area (Å²) in [6.07, 6.45) is 3.33. The summed E-state index contributed by atoms with van der Waals surface area (Å²) in [6.45, 7) is 0. The van der Waals surface area contributed by atoms with Crippen LogP contribution in [0.3, 0.4) is 0 Å². The van der Waals surface area contributed by atoms with Gasteiger partial charge in [0.2, 0.25) is 0 Å². The van der Waals surface area contributed by atoms with Gasteiger partial charge in [-0.15, -0.1) is 0 Å². The average Bonchev–Trinajstić information content (AvgIpc) is 2.44. The molecule has 0 saturated heterocycles. The molecule has 2 N–H and O–H groups in total. The van der Waals surface area contributed by atoms with Gasteiger partial charge in [0.05, 0.1) is 11.1 Å². The van der Waals surface area contributed by atoms with Gasteiger partial charge >= 0.3 is 11.9 Å². The van der Waals surface area contributed by atoms with Crippen LogP contribution in [0.4, 0.5) is 0 Å². The van der Waals surface area contributed by atoms with E-state index >= 15 is 0 Å². The van der Waals surface area contributed by atoms with Gasteiger partial charge in [-0.3, -0.25) is 0 Å². The number of halogens is 1. The minimum absolute atomic E-state index is 0.0619. The number of hydrogen-bond donors (Lipinski definition) is 2. The third-order valence-electron chi connectivity index (χ3n) is 2.83. The molecule has 0 aliphatic rings. The van der Waals surface area contributed by atoms with Gasteiger partial charge in [0.25, 0.3) is 0 Å². The molecule has 4 nitrogen and oxygen atoms in total. The zero-order valence-electron chi connectivity index (χ0n) is 10.8. The van der Waals surface area contributed by atoms with Crippen molar-refractivity contribution in [3.05, 3.63) is 69.7 Å². The molecule has 0 aromatic heterocycles. The lowest BCUT2D eigenvalue weighted by molar-refractivity contribution is 0.0695. The topological polar surface area (TPSA) is 74.6 Å². The first-order valence-electron chi connectivity index (χ1n) is 6.01. The fraction of sp³-hybridized carbons (Fsp3) is 0. The minimum atomic E-state index is -1.18. The zero-order chi connectivity index (χ0) is 15.4. The van der Waals surface area contributed by atoms with Crippen molar-refractivity contribution in [3.8, 4) is 0 Å². The largest absolute Gasteiger partial charge is 0.478 e. The highest BCUT2D eigenvalue weighted by Crippen LogP contribution is 2.17. The highest BCUT2D eigenvalue weighted by atomic mass is 35.5. The average molecular weight is 303 g/mol. The zero-order valence-corrected chi connectivity index (χ0v) is 11.5. The first-order chi connectivity index (χ1) is 9.97. The van der Waals surface area contributed by atoms with E-state index in [4.69, 9.17) is 21.8 Å². The minimum Gasteiger partial charge on any atom is -0.478 e. The van der Waals surface area contributed by atoms with Crippen molar-refractivity contribution < 1.29 is 19.8 Å². The van der Waals surface area contributed by atoms with Crippen LogP contribution in [0.1, 0.15) is 31.8 Å². The molecule has 0 aliphatic heterocycles. The van der Waals surface area contributed by atoms with Crippen LogP contribution < -0.4 is 0 Å². The molecule has 0 saturated carbocycles. The Morgan fingerprint density at radius 2 is 1.71 bits per heavy atom. The van der Waals surface area contributed by atoms with Gasteiger partial charge in [-0.1, -0.05) is 42.0 Å². The van der Waals surface area contributed by atoms with Crippen molar-refractivity contribution in [1.82, 2.24) is 0 Å². The number of aromatic carboxylic acids is 2. The number of carboxylic acids is 2. The molecule has 0 fully saturated rings. The van der Waals surface area contributed by atoms with Crippen molar-refractivity contribution >= 4 is 35.7 Å². The van der Waals surface area contributed by atoms with Crippen LogP contribution in [0.2, 0.25) is 5.02 Å². The van der Waals surface area contributed by atoms with Gasteiger partial charge in [-0.05, 0) is 35.4 Å². The fourth-order valence-electron chi connectivity index (χ4n) is 1.82. The molecule has 0 bridgehead atoms. The van der Waals surface area contributed by atoms with E-state index in [1.807, 2.05) is 6.07 Å². The first kappa shape index (κ1) is 14.8. The van der Waals surface area contributed by atoms with E-state index in [-0.39, 0.29) is 11.1 Å². The molecule has 0 unspecified atom stereocenters. The lowest BCUT2D eigenvalue weighted by Gasteiger charge is -2.03. The lowest BCUT2D eigenvalue weighted by atomic mass is 10.0. The number of carbonyl (C=O) groups is 2. The molecule has 106 valence electrons. The SMILES string of the molecule is O=C(O)c1ccc(C=Cc2cccc(Cl)c2)c(C(=O)O)c1. The molecule has 0 atom stereocenters. The van der Waals surface area contributed by atoms with Gasteiger partial charge < -0.3 is 10.2 Å². The second-order valence-corrected chi connectivity index (χ2v) is 4.74. The standard InChI is InChI=1S/C16H11ClO4/c17-13-3-1-2-10(8-13)4-5-11-6-7-12(15(18)19)9-14(11)16(20)21/h1-9H,(H,18,19)(H,20,21). The molecule has 2 aromatic carbocycles. The summed E-state index contributed by atoms with van der Waals surface area (Å²) < 4.78 is 0. The maximum absolute atomic E-state index is 11.2. The van der Waals surface area contributed by atoms with Gasteiger partial charge in [0.1, 0.15) is 0 Å². The van der Waals surface area contributed by atoms with E-state index in [0.29, 0.717) is 10.6 Å². The Morgan fingerprint density at radius 1 is 0.952 bits per heavy atom. The van der Waals surface area contributed by atoms with Crippen LogP contribution in [0.15, 0.2) is 42.5 Å². The fourth-order valence-corrected chi connectivity index (χ4v) is 2.01. The van der Waals surface area contributed by atoms with Crippen LogP contribution in [0.5, 0.6) is 0 Å². The summed E-state index contributed by atoms with van der Waals surface area (Å²) in [5.74, 6) is -2.34. The van der Waals surface area contributed by atoms with Crippen molar-refractivity contribution in [2.45, 2.75) is 0 Å².